The van der Waals surface area contributed by atoms with Crippen molar-refractivity contribution in [2.75, 3.05) is 19.6 Å². The maximum Gasteiger partial charge on any atom is 0.410 e. The Morgan fingerprint density at radius 1 is 1.36 bits per heavy atom. The Kier molecular flexibility index (Phi) is 4.99. The summed E-state index contributed by atoms with van der Waals surface area (Å²) in [5, 5.41) is 3.49. The first-order chi connectivity index (χ1) is 11.8. The van der Waals surface area contributed by atoms with Crippen LogP contribution in [0.5, 0.6) is 0 Å². The van der Waals surface area contributed by atoms with E-state index < -0.39 is 5.60 Å². The number of aryl methyl sites for hydroxylation is 1. The number of hydrogen-bond donors (Lipinski definition) is 1. The van der Waals surface area contributed by atoms with Gasteiger partial charge >= 0.3 is 6.09 Å². The number of hydrogen-bond acceptors (Lipinski definition) is 4. The van der Waals surface area contributed by atoms with Gasteiger partial charge in [-0.25, -0.2) is 9.78 Å². The standard InChI is InChI=1S/C19H28N4O2/c1-19(2,3)25-18(24)23-10-9-14(13-23)11-20-12-17-21-15-7-5-6-8-16(15)22(17)4/h5-8,14,20H,9-13H2,1-4H3/t14-/m1/s1. The molecule has 6 nitrogen and oxygen atoms in total. The summed E-state index contributed by atoms with van der Waals surface area (Å²) < 4.78 is 7.58. The van der Waals surface area contributed by atoms with Crippen molar-refractivity contribution in [2.24, 2.45) is 13.0 Å². The van der Waals surface area contributed by atoms with Crippen molar-refractivity contribution < 1.29 is 9.53 Å². The van der Waals surface area contributed by atoms with Crippen LogP contribution in [-0.4, -0.2) is 45.8 Å². The Morgan fingerprint density at radius 3 is 2.84 bits per heavy atom. The predicted molar refractivity (Wildman–Crippen MR) is 98.3 cm³/mol. The van der Waals surface area contributed by atoms with Gasteiger partial charge in [0.2, 0.25) is 0 Å². The number of rotatable bonds is 4. The molecule has 1 aliphatic heterocycles. The SMILES string of the molecule is Cn1c(CNC[C@H]2CCN(C(=O)OC(C)(C)C)C2)nc2ccccc21. The van der Waals surface area contributed by atoms with Gasteiger partial charge in [-0.2, -0.15) is 0 Å². The third kappa shape index (κ3) is 4.31. The molecule has 1 N–H and O–H groups in total. The number of para-hydroxylation sites is 2. The van der Waals surface area contributed by atoms with Crippen molar-refractivity contribution in [1.82, 2.24) is 19.8 Å². The molecular weight excluding hydrogens is 316 g/mol. The van der Waals surface area contributed by atoms with Gasteiger partial charge < -0.3 is 19.5 Å². The lowest BCUT2D eigenvalue weighted by molar-refractivity contribution is 0.0288. The lowest BCUT2D eigenvalue weighted by Gasteiger charge is -2.24. The van der Waals surface area contributed by atoms with Gasteiger partial charge in [-0.1, -0.05) is 12.1 Å². The van der Waals surface area contributed by atoms with Crippen LogP contribution < -0.4 is 5.32 Å². The first-order valence-corrected chi connectivity index (χ1v) is 8.92. The second kappa shape index (κ2) is 7.04. The van der Waals surface area contributed by atoms with E-state index in [1.165, 1.54) is 0 Å². The van der Waals surface area contributed by atoms with Gasteiger partial charge in [0.25, 0.3) is 0 Å². The maximum absolute atomic E-state index is 12.1. The molecule has 1 aromatic carbocycles. The number of carbonyl (C=O) groups is 1. The molecule has 2 aromatic rings. The zero-order valence-corrected chi connectivity index (χ0v) is 15.6. The van der Waals surface area contributed by atoms with Gasteiger partial charge in [0.05, 0.1) is 17.6 Å². The Balaban J connectivity index is 1.48. The molecule has 0 saturated carbocycles. The second-order valence-electron chi connectivity index (χ2n) is 7.79. The van der Waals surface area contributed by atoms with Crippen molar-refractivity contribution in [3.05, 3.63) is 30.1 Å². The molecular formula is C19H28N4O2. The molecule has 0 unspecified atom stereocenters. The van der Waals surface area contributed by atoms with Crippen LogP contribution in [0.15, 0.2) is 24.3 Å². The molecule has 1 atom stereocenters. The summed E-state index contributed by atoms with van der Waals surface area (Å²) in [6.45, 7) is 8.83. The van der Waals surface area contributed by atoms with Crippen LogP contribution >= 0.6 is 0 Å². The fourth-order valence-corrected chi connectivity index (χ4v) is 3.23. The molecule has 1 amide bonds. The number of aromatic nitrogens is 2. The number of amides is 1. The number of carbonyl (C=O) groups excluding carboxylic acids is 1. The van der Waals surface area contributed by atoms with Gasteiger partial charge in [-0.3, -0.25) is 0 Å². The number of fused-ring (bicyclic) bond motifs is 1. The van der Waals surface area contributed by atoms with Crippen LogP contribution in [0, 0.1) is 5.92 Å². The zero-order valence-electron chi connectivity index (χ0n) is 15.6. The summed E-state index contributed by atoms with van der Waals surface area (Å²) in [7, 11) is 2.05. The Morgan fingerprint density at radius 2 is 2.12 bits per heavy atom. The average molecular weight is 344 g/mol. The highest BCUT2D eigenvalue weighted by Gasteiger charge is 2.29. The summed E-state index contributed by atoms with van der Waals surface area (Å²) >= 11 is 0. The highest BCUT2D eigenvalue weighted by atomic mass is 16.6. The van der Waals surface area contributed by atoms with Crippen LogP contribution in [0.25, 0.3) is 11.0 Å². The van der Waals surface area contributed by atoms with E-state index in [2.05, 4.69) is 20.9 Å². The summed E-state index contributed by atoms with van der Waals surface area (Å²) in [6, 6.07) is 8.16. The summed E-state index contributed by atoms with van der Waals surface area (Å²) in [5.74, 6) is 1.49. The summed E-state index contributed by atoms with van der Waals surface area (Å²) in [4.78, 5) is 18.6. The van der Waals surface area contributed by atoms with Crippen LogP contribution in [-0.2, 0) is 18.3 Å². The quantitative estimate of drug-likeness (QED) is 0.926. The monoisotopic (exact) mass is 344 g/mol. The van der Waals surface area contributed by atoms with E-state index in [1.807, 2.05) is 50.9 Å². The van der Waals surface area contributed by atoms with Crippen molar-refractivity contribution in [3.63, 3.8) is 0 Å². The minimum Gasteiger partial charge on any atom is -0.444 e. The number of nitrogens with one attached hydrogen (secondary N) is 1. The maximum atomic E-state index is 12.1. The molecule has 1 fully saturated rings. The molecule has 0 bridgehead atoms. The molecule has 0 aliphatic carbocycles. The number of benzene rings is 1. The minimum atomic E-state index is -0.437. The van der Waals surface area contributed by atoms with E-state index in [1.54, 1.807) is 0 Å². The van der Waals surface area contributed by atoms with Gasteiger partial charge in [0, 0.05) is 26.7 Å². The molecule has 0 radical (unpaired) electrons. The van der Waals surface area contributed by atoms with Gasteiger partial charge in [-0.05, 0) is 45.2 Å². The van der Waals surface area contributed by atoms with Gasteiger partial charge in [0.15, 0.2) is 0 Å². The number of ether oxygens (including phenoxy) is 1. The third-order valence-electron chi connectivity index (χ3n) is 4.53. The van der Waals surface area contributed by atoms with E-state index in [-0.39, 0.29) is 6.09 Å². The van der Waals surface area contributed by atoms with Crippen LogP contribution in [0.2, 0.25) is 0 Å². The minimum absolute atomic E-state index is 0.203. The van der Waals surface area contributed by atoms with Crippen molar-refractivity contribution >= 4 is 17.1 Å². The predicted octanol–water partition coefficient (Wildman–Crippen LogP) is 2.92. The number of imidazole rings is 1. The first-order valence-electron chi connectivity index (χ1n) is 8.92. The van der Waals surface area contributed by atoms with Crippen molar-refractivity contribution in [3.8, 4) is 0 Å². The van der Waals surface area contributed by atoms with Gasteiger partial charge in [0.1, 0.15) is 11.4 Å². The fourth-order valence-electron chi connectivity index (χ4n) is 3.23. The van der Waals surface area contributed by atoms with Crippen molar-refractivity contribution in [1.29, 1.82) is 0 Å². The van der Waals surface area contributed by atoms with Crippen LogP contribution in [0.3, 0.4) is 0 Å². The molecule has 3 rings (SSSR count). The molecule has 1 aliphatic rings. The van der Waals surface area contributed by atoms with Gasteiger partial charge in [-0.15, -0.1) is 0 Å². The highest BCUT2D eigenvalue weighted by molar-refractivity contribution is 5.75. The molecule has 2 heterocycles. The largest absolute Gasteiger partial charge is 0.444 e. The topological polar surface area (TPSA) is 59.4 Å². The third-order valence-corrected chi connectivity index (χ3v) is 4.53. The normalized spacial score (nSPS) is 18.1. The average Bonchev–Trinajstić information content (AvgIpc) is 3.12. The Bertz CT molecular complexity index is 747. The highest BCUT2D eigenvalue weighted by Crippen LogP contribution is 2.19. The molecule has 1 saturated heterocycles. The summed E-state index contributed by atoms with van der Waals surface area (Å²) in [5.41, 5.74) is 1.74. The lowest BCUT2D eigenvalue weighted by Crippen LogP contribution is -2.36. The number of likely N-dealkylation sites (tertiary alicyclic amines) is 1. The molecule has 0 spiro atoms. The van der Waals surface area contributed by atoms with E-state index in [0.717, 1.165) is 49.5 Å². The van der Waals surface area contributed by atoms with Crippen LogP contribution in [0.1, 0.15) is 33.0 Å². The Hall–Kier alpha value is -2.08. The molecule has 25 heavy (non-hydrogen) atoms. The summed E-state index contributed by atoms with van der Waals surface area (Å²) in [6.07, 6.45) is 0.805. The lowest BCUT2D eigenvalue weighted by atomic mass is 10.1. The van der Waals surface area contributed by atoms with Crippen LogP contribution in [0.4, 0.5) is 4.79 Å². The van der Waals surface area contributed by atoms with Crippen molar-refractivity contribution in [2.45, 2.75) is 39.3 Å². The zero-order chi connectivity index (χ0) is 18.0. The molecule has 136 valence electrons. The Labute approximate surface area is 149 Å². The molecule has 6 heteroatoms. The first kappa shape index (κ1) is 17.7. The smallest absolute Gasteiger partial charge is 0.410 e. The van der Waals surface area contributed by atoms with E-state index in [4.69, 9.17) is 4.74 Å². The van der Waals surface area contributed by atoms with E-state index in [9.17, 15) is 4.79 Å². The van der Waals surface area contributed by atoms with E-state index >= 15 is 0 Å². The molecule has 1 aromatic heterocycles. The number of nitrogens with zero attached hydrogens (tertiary/aromatic N) is 3. The second-order valence-corrected chi connectivity index (χ2v) is 7.79. The van der Waals surface area contributed by atoms with E-state index in [0.29, 0.717) is 5.92 Å². The fraction of sp³-hybridized carbons (Fsp3) is 0.579.